The van der Waals surface area contributed by atoms with Gasteiger partial charge in [0.2, 0.25) is 11.8 Å². The summed E-state index contributed by atoms with van der Waals surface area (Å²) in [6, 6.07) is 2.43. The Morgan fingerprint density at radius 1 is 1.07 bits per heavy atom. The van der Waals surface area contributed by atoms with Crippen molar-refractivity contribution < 1.29 is 51.7 Å². The van der Waals surface area contributed by atoms with Gasteiger partial charge in [-0.3, -0.25) is 28.9 Å². The highest BCUT2D eigenvalue weighted by Crippen LogP contribution is 2.32. The summed E-state index contributed by atoms with van der Waals surface area (Å²) in [4.78, 5) is 73.6. The van der Waals surface area contributed by atoms with E-state index < -0.39 is 59.7 Å². The molecule has 1 aromatic heterocycles. The fraction of sp³-hybridized carbons (Fsp3) is 0.650. The van der Waals surface area contributed by atoms with Crippen molar-refractivity contribution in [1.29, 1.82) is 0 Å². The maximum absolute atomic E-state index is 14.2. The smallest absolute Gasteiger partial charge is 0.416 e. The summed E-state index contributed by atoms with van der Waals surface area (Å²) >= 11 is 1.09. The fourth-order valence-corrected chi connectivity index (χ4v) is 8.24. The molecular weight excluding hydrogens is 768 g/mol. The van der Waals surface area contributed by atoms with Gasteiger partial charge in [0.1, 0.15) is 16.7 Å². The van der Waals surface area contributed by atoms with Gasteiger partial charge in [0.05, 0.1) is 30.7 Å². The lowest BCUT2D eigenvalue weighted by molar-refractivity contribution is -0.151. The van der Waals surface area contributed by atoms with Crippen LogP contribution in [0.25, 0.3) is 0 Å². The number of carboxylic acid groups (broad SMARTS) is 1. The predicted molar refractivity (Wildman–Crippen MR) is 206 cm³/mol. The van der Waals surface area contributed by atoms with Gasteiger partial charge in [0.15, 0.2) is 6.10 Å². The molecule has 0 saturated carbocycles. The maximum Gasteiger partial charge on any atom is 0.416 e. The summed E-state index contributed by atoms with van der Waals surface area (Å²) in [6.07, 6.45) is -1.99. The van der Waals surface area contributed by atoms with E-state index >= 15 is 0 Å². The lowest BCUT2D eigenvalue weighted by atomic mass is 9.92. The van der Waals surface area contributed by atoms with Crippen LogP contribution < -0.4 is 10.6 Å². The number of halogens is 3. The van der Waals surface area contributed by atoms with Crippen molar-refractivity contribution in [2.24, 2.45) is 17.8 Å². The number of aryl methyl sites for hydroxylation is 1. The van der Waals surface area contributed by atoms with E-state index in [9.17, 15) is 42.3 Å². The monoisotopic (exact) mass is 823 g/mol. The van der Waals surface area contributed by atoms with Crippen LogP contribution in [0.2, 0.25) is 0 Å². The van der Waals surface area contributed by atoms with Crippen molar-refractivity contribution in [1.82, 2.24) is 25.4 Å². The molecule has 2 aliphatic heterocycles. The molecule has 316 valence electrons. The summed E-state index contributed by atoms with van der Waals surface area (Å²) in [5.41, 5.74) is -0.178. The molecule has 0 unspecified atom stereocenters. The number of benzene rings is 1. The molecule has 4 rings (SSSR count). The number of hydrogen-bond acceptors (Lipinski definition) is 10. The van der Waals surface area contributed by atoms with Crippen molar-refractivity contribution in [2.75, 3.05) is 33.4 Å². The van der Waals surface area contributed by atoms with Crippen LogP contribution >= 0.6 is 11.3 Å². The molecule has 0 aliphatic carbocycles. The lowest BCUT2D eigenvalue weighted by Gasteiger charge is -2.41. The highest BCUT2D eigenvalue weighted by atomic mass is 32.1. The molecule has 0 spiro atoms. The Bertz CT molecular complexity index is 1690. The molecule has 13 nitrogen and oxygen atoms in total. The van der Waals surface area contributed by atoms with Crippen molar-refractivity contribution in [2.45, 2.75) is 116 Å². The summed E-state index contributed by atoms with van der Waals surface area (Å²) < 4.78 is 50.3. The Morgan fingerprint density at radius 3 is 2.32 bits per heavy atom. The van der Waals surface area contributed by atoms with Gasteiger partial charge >= 0.3 is 18.1 Å². The average Bonchev–Trinajstić information content (AvgIpc) is 3.64. The summed E-state index contributed by atoms with van der Waals surface area (Å²) in [7, 11) is 1.67. The Hall–Kier alpha value is -4.09. The number of piperidine rings is 1. The zero-order valence-corrected chi connectivity index (χ0v) is 34.3. The van der Waals surface area contributed by atoms with E-state index in [1.54, 1.807) is 11.9 Å². The number of likely N-dealkylation sites (tertiary alicyclic amines) is 1. The Balaban J connectivity index is 1.49. The first-order valence-corrected chi connectivity index (χ1v) is 20.5. The first kappa shape index (κ1) is 45.6. The number of esters is 1. The molecular formula is C40H56F3N5O8S. The van der Waals surface area contributed by atoms with Crippen LogP contribution in [-0.2, 0) is 41.2 Å². The molecule has 3 amide bonds. The molecule has 3 heterocycles. The number of carbonyl (C=O) groups excluding carboxylic acids is 4. The van der Waals surface area contributed by atoms with E-state index in [2.05, 4.69) is 20.5 Å². The molecule has 0 bridgehead atoms. The van der Waals surface area contributed by atoms with Crippen molar-refractivity contribution in [3.8, 4) is 0 Å². The SMILES string of the molecule is CCN1CCCC[C@@H]1C(=O)N[C@H](C(=O)N(C)[C@H](C[C@@H](OC(C)=O)c1nc(C(=O)N[C@@H](CCc2ccc(C(F)(F)F)cc2)C[C@H](C)C(=O)O)cs1)C(C)C)C1COC1. The highest BCUT2D eigenvalue weighted by molar-refractivity contribution is 7.09. The molecule has 17 heteroatoms. The van der Waals surface area contributed by atoms with E-state index in [0.717, 1.165) is 55.8 Å². The van der Waals surface area contributed by atoms with Gasteiger partial charge < -0.3 is 30.1 Å². The first-order chi connectivity index (χ1) is 26.9. The van der Waals surface area contributed by atoms with Crippen molar-refractivity contribution in [3.05, 3.63) is 51.5 Å². The number of nitrogens with zero attached hydrogens (tertiary/aromatic N) is 3. The van der Waals surface area contributed by atoms with Crippen LogP contribution in [0.15, 0.2) is 29.6 Å². The standard InChI is InChI=1S/C40H56F3N5O8S/c1-7-48-17-9-8-10-31(48)36(51)46-34(27-20-55-21-27)38(52)47(6)32(23(2)3)19-33(56-25(5)49)37-45-30(22-57-37)35(50)44-29(18-24(4)39(53)54)16-13-26-11-14-28(15-12-26)40(41,42)43/h11-12,14-15,22-24,27,29,31-34H,7-10,13,16-21H2,1-6H3,(H,44,50)(H,46,51)(H,53,54)/t24-,29-,31+,32+,33+,34-/m0/s1. The van der Waals surface area contributed by atoms with Crippen LogP contribution in [0.3, 0.4) is 0 Å². The fourth-order valence-electron chi connectivity index (χ4n) is 7.40. The van der Waals surface area contributed by atoms with Gasteiger partial charge in [0.25, 0.3) is 5.91 Å². The number of rotatable bonds is 19. The Morgan fingerprint density at radius 2 is 1.75 bits per heavy atom. The van der Waals surface area contributed by atoms with Gasteiger partial charge in [-0.25, -0.2) is 4.98 Å². The number of ether oxygens (including phenoxy) is 2. The molecule has 1 aromatic carbocycles. The third kappa shape index (κ3) is 12.7. The molecule has 57 heavy (non-hydrogen) atoms. The number of amides is 3. The lowest BCUT2D eigenvalue weighted by Crippen LogP contribution is -2.61. The Labute approximate surface area is 336 Å². The van der Waals surface area contributed by atoms with Crippen LogP contribution in [0.5, 0.6) is 0 Å². The molecule has 2 aliphatic rings. The average molecular weight is 824 g/mol. The quantitative estimate of drug-likeness (QED) is 0.154. The summed E-state index contributed by atoms with van der Waals surface area (Å²) in [5, 5.41) is 17.3. The number of carboxylic acids is 1. The predicted octanol–water partition coefficient (Wildman–Crippen LogP) is 5.49. The van der Waals surface area contributed by atoms with Gasteiger partial charge in [-0.05, 0) is 68.8 Å². The molecule has 2 fully saturated rings. The maximum atomic E-state index is 14.2. The molecule has 0 radical (unpaired) electrons. The number of nitrogens with one attached hydrogen (secondary N) is 2. The minimum absolute atomic E-state index is 0.0109. The normalized spacial score (nSPS) is 19.1. The largest absolute Gasteiger partial charge is 0.481 e. The number of thiazole rings is 1. The van der Waals surface area contributed by atoms with E-state index in [4.69, 9.17) is 9.47 Å². The second kappa shape index (κ2) is 20.6. The number of likely N-dealkylation sites (N-methyl/N-ethyl adjacent to an activating group) is 2. The molecule has 2 aromatic rings. The van der Waals surface area contributed by atoms with E-state index in [0.29, 0.717) is 23.8 Å². The second-order valence-corrected chi connectivity index (χ2v) is 16.4. The minimum Gasteiger partial charge on any atom is -0.481 e. The third-order valence-electron chi connectivity index (χ3n) is 10.9. The number of aromatic nitrogens is 1. The van der Waals surface area contributed by atoms with Gasteiger partial charge in [-0.2, -0.15) is 13.2 Å². The number of hydrogen-bond donors (Lipinski definition) is 3. The first-order valence-electron chi connectivity index (χ1n) is 19.6. The minimum atomic E-state index is -4.48. The van der Waals surface area contributed by atoms with E-state index in [1.807, 2.05) is 20.8 Å². The van der Waals surface area contributed by atoms with E-state index in [1.165, 1.54) is 31.4 Å². The number of carbonyl (C=O) groups is 5. The van der Waals surface area contributed by atoms with Crippen molar-refractivity contribution >= 4 is 41.0 Å². The Kier molecular flexibility index (Phi) is 16.4. The zero-order chi connectivity index (χ0) is 42.0. The summed E-state index contributed by atoms with van der Waals surface area (Å²) in [6.45, 7) is 10.9. The van der Waals surface area contributed by atoms with Crippen LogP contribution in [0, 0.1) is 17.8 Å². The highest BCUT2D eigenvalue weighted by Gasteiger charge is 2.41. The molecule has 6 atom stereocenters. The van der Waals surface area contributed by atoms with Crippen LogP contribution in [0.1, 0.15) is 106 Å². The molecule has 3 N–H and O–H groups in total. The third-order valence-corrected chi connectivity index (χ3v) is 11.8. The second-order valence-electron chi connectivity index (χ2n) is 15.5. The molecule has 2 saturated heterocycles. The number of aliphatic carboxylic acids is 1. The van der Waals surface area contributed by atoms with Crippen molar-refractivity contribution in [3.63, 3.8) is 0 Å². The number of alkyl halides is 3. The van der Waals surface area contributed by atoms with Gasteiger partial charge in [0, 0.05) is 43.8 Å². The topological polar surface area (TPSA) is 167 Å². The van der Waals surface area contributed by atoms with Gasteiger partial charge in [-0.15, -0.1) is 11.3 Å². The van der Waals surface area contributed by atoms with E-state index in [-0.39, 0.29) is 61.1 Å². The zero-order valence-electron chi connectivity index (χ0n) is 33.5. The van der Waals surface area contributed by atoms with Gasteiger partial charge in [-0.1, -0.05) is 46.2 Å². The summed E-state index contributed by atoms with van der Waals surface area (Å²) in [5.74, 6) is -3.85. The van der Waals surface area contributed by atoms with Crippen LogP contribution in [-0.4, -0.2) is 107 Å². The van der Waals surface area contributed by atoms with Crippen LogP contribution in [0.4, 0.5) is 13.2 Å².